The predicted octanol–water partition coefficient (Wildman–Crippen LogP) is 1.60. The van der Waals surface area contributed by atoms with Crippen molar-refractivity contribution in [1.82, 2.24) is 10.2 Å². The zero-order chi connectivity index (χ0) is 16.8. The molecule has 1 aromatic carbocycles. The molecule has 1 aliphatic heterocycles. The van der Waals surface area contributed by atoms with Crippen molar-refractivity contribution in [3.8, 4) is 5.75 Å². The number of thioether (sulfide) groups is 1. The molecule has 1 aliphatic rings. The van der Waals surface area contributed by atoms with Gasteiger partial charge in [0.15, 0.2) is 5.96 Å². The molecule has 0 atom stereocenters. The molecule has 7 nitrogen and oxygen atoms in total. The van der Waals surface area contributed by atoms with Gasteiger partial charge in [0.05, 0.1) is 11.5 Å². The number of rotatable bonds is 6. The Morgan fingerprint density at radius 3 is 2.70 bits per heavy atom. The number of carbonyl (C=O) groups is 2. The number of ether oxygens (including phenoxy) is 1. The molecule has 0 radical (unpaired) electrons. The average Bonchev–Trinajstić information content (AvgIpc) is 2.76. The summed E-state index contributed by atoms with van der Waals surface area (Å²) in [6, 6.07) is 7.29. The quantitative estimate of drug-likeness (QED) is 0.414. The van der Waals surface area contributed by atoms with E-state index in [1.165, 1.54) is 0 Å². The Hall–Kier alpha value is -2.48. The minimum absolute atomic E-state index is 0.171. The summed E-state index contributed by atoms with van der Waals surface area (Å²) >= 11 is 0.905. The first-order valence-corrected chi connectivity index (χ1v) is 7.89. The van der Waals surface area contributed by atoms with Crippen molar-refractivity contribution in [3.05, 3.63) is 34.7 Å². The van der Waals surface area contributed by atoms with Crippen LogP contribution in [0.15, 0.2) is 29.2 Å². The topological polar surface area (TPSA) is 109 Å². The first-order chi connectivity index (χ1) is 11.0. The van der Waals surface area contributed by atoms with Crippen LogP contribution in [0.5, 0.6) is 5.75 Å². The summed E-state index contributed by atoms with van der Waals surface area (Å²) in [7, 11) is 0. The second-order valence-electron chi connectivity index (χ2n) is 4.68. The van der Waals surface area contributed by atoms with E-state index in [1.807, 2.05) is 31.2 Å². The van der Waals surface area contributed by atoms with E-state index in [0.29, 0.717) is 11.5 Å². The van der Waals surface area contributed by atoms with E-state index >= 15 is 0 Å². The lowest BCUT2D eigenvalue weighted by atomic mass is 10.2. The Morgan fingerprint density at radius 2 is 2.09 bits per heavy atom. The van der Waals surface area contributed by atoms with E-state index < -0.39 is 0 Å². The van der Waals surface area contributed by atoms with Crippen molar-refractivity contribution in [2.24, 2.45) is 5.73 Å². The van der Waals surface area contributed by atoms with Gasteiger partial charge in [-0.2, -0.15) is 0 Å². The number of amides is 2. The molecule has 0 saturated carbocycles. The molecule has 1 fully saturated rings. The average molecular weight is 334 g/mol. The molecule has 122 valence electrons. The Balaban J connectivity index is 2.04. The maximum atomic E-state index is 12.2. The van der Waals surface area contributed by atoms with Crippen LogP contribution in [0.25, 0.3) is 6.08 Å². The van der Waals surface area contributed by atoms with E-state index in [-0.39, 0.29) is 30.2 Å². The fraction of sp³-hybridized carbons (Fsp3) is 0.267. The molecule has 1 saturated heterocycles. The summed E-state index contributed by atoms with van der Waals surface area (Å²) in [5.41, 5.74) is 5.99. The number of guanidine groups is 1. The highest BCUT2D eigenvalue weighted by Gasteiger charge is 2.34. The molecule has 1 aromatic rings. The van der Waals surface area contributed by atoms with E-state index in [2.05, 4.69) is 5.32 Å². The highest BCUT2D eigenvalue weighted by atomic mass is 32.2. The first kappa shape index (κ1) is 16.9. The number of carbonyl (C=O) groups excluding carboxylic acids is 2. The molecule has 0 unspecified atom stereocenters. The predicted molar refractivity (Wildman–Crippen MR) is 90.2 cm³/mol. The van der Waals surface area contributed by atoms with Crippen molar-refractivity contribution >= 4 is 34.9 Å². The number of benzene rings is 1. The van der Waals surface area contributed by atoms with Gasteiger partial charge in [-0.05, 0) is 42.5 Å². The van der Waals surface area contributed by atoms with Crippen LogP contribution in [0.1, 0.15) is 12.5 Å². The maximum absolute atomic E-state index is 12.2. The second-order valence-corrected chi connectivity index (χ2v) is 5.67. The molecular formula is C15H18N4O3S. The van der Waals surface area contributed by atoms with Crippen LogP contribution in [-0.4, -0.2) is 41.7 Å². The second kappa shape index (κ2) is 7.68. The molecule has 2 amide bonds. The van der Waals surface area contributed by atoms with Crippen molar-refractivity contribution < 1.29 is 14.3 Å². The fourth-order valence-electron chi connectivity index (χ4n) is 1.97. The maximum Gasteiger partial charge on any atom is 0.293 e. The Labute approximate surface area is 138 Å². The van der Waals surface area contributed by atoms with Gasteiger partial charge >= 0.3 is 0 Å². The largest absolute Gasteiger partial charge is 0.494 e. The standard InChI is InChI=1S/C15H18N4O3S/c1-2-22-11-5-3-10(4-6-11)9-12-13(20)19(15(21)23-12)8-7-18-14(16)17/h3-6,9H,2,7-8H2,1H3,(H4,16,17,18)/b12-9-. The molecule has 0 spiro atoms. The van der Waals surface area contributed by atoms with E-state index in [9.17, 15) is 9.59 Å². The van der Waals surface area contributed by atoms with Gasteiger partial charge in [-0.3, -0.25) is 19.9 Å². The number of imide groups is 1. The number of nitrogens with zero attached hydrogens (tertiary/aromatic N) is 1. The van der Waals surface area contributed by atoms with Gasteiger partial charge in [0.25, 0.3) is 11.1 Å². The Bertz CT molecular complexity index is 643. The molecule has 0 aromatic heterocycles. The minimum atomic E-state index is -0.334. The van der Waals surface area contributed by atoms with Crippen LogP contribution in [-0.2, 0) is 4.79 Å². The van der Waals surface area contributed by atoms with Gasteiger partial charge in [0.1, 0.15) is 5.75 Å². The molecule has 1 heterocycles. The third kappa shape index (κ3) is 4.49. The molecule has 2 rings (SSSR count). The summed E-state index contributed by atoms with van der Waals surface area (Å²) in [4.78, 5) is 25.7. The van der Waals surface area contributed by atoms with Crippen LogP contribution in [0, 0.1) is 5.41 Å². The first-order valence-electron chi connectivity index (χ1n) is 7.07. The van der Waals surface area contributed by atoms with Crippen molar-refractivity contribution in [1.29, 1.82) is 5.41 Å². The minimum Gasteiger partial charge on any atom is -0.494 e. The van der Waals surface area contributed by atoms with Gasteiger partial charge in [0.2, 0.25) is 0 Å². The lowest BCUT2D eigenvalue weighted by Gasteiger charge is -2.12. The van der Waals surface area contributed by atoms with Crippen molar-refractivity contribution in [2.75, 3.05) is 19.7 Å². The van der Waals surface area contributed by atoms with Gasteiger partial charge < -0.3 is 15.8 Å². The zero-order valence-corrected chi connectivity index (χ0v) is 13.5. The van der Waals surface area contributed by atoms with Crippen LogP contribution in [0.4, 0.5) is 4.79 Å². The van der Waals surface area contributed by atoms with Crippen LogP contribution in [0.3, 0.4) is 0 Å². The van der Waals surface area contributed by atoms with E-state index in [4.69, 9.17) is 15.9 Å². The molecule has 8 heteroatoms. The highest BCUT2D eigenvalue weighted by molar-refractivity contribution is 8.18. The van der Waals surface area contributed by atoms with Crippen molar-refractivity contribution in [3.63, 3.8) is 0 Å². The summed E-state index contributed by atoms with van der Waals surface area (Å²) < 4.78 is 5.36. The summed E-state index contributed by atoms with van der Waals surface area (Å²) in [6.07, 6.45) is 1.68. The number of hydrogen-bond donors (Lipinski definition) is 3. The number of hydrogen-bond acceptors (Lipinski definition) is 5. The van der Waals surface area contributed by atoms with E-state index in [1.54, 1.807) is 6.08 Å². The lowest BCUT2D eigenvalue weighted by Crippen LogP contribution is -2.39. The molecule has 4 N–H and O–H groups in total. The van der Waals surface area contributed by atoms with Crippen molar-refractivity contribution in [2.45, 2.75) is 6.92 Å². The normalized spacial score (nSPS) is 16.0. The van der Waals surface area contributed by atoms with Gasteiger partial charge in [-0.15, -0.1) is 0 Å². The Kier molecular flexibility index (Phi) is 5.64. The van der Waals surface area contributed by atoms with Crippen LogP contribution < -0.4 is 15.8 Å². The molecule has 0 aliphatic carbocycles. The third-order valence-corrected chi connectivity index (χ3v) is 3.92. The van der Waals surface area contributed by atoms with Gasteiger partial charge in [0, 0.05) is 13.1 Å². The lowest BCUT2D eigenvalue weighted by molar-refractivity contribution is -0.122. The third-order valence-electron chi connectivity index (χ3n) is 3.01. The monoisotopic (exact) mass is 334 g/mol. The SMILES string of the molecule is CCOc1ccc(/C=C2\SC(=O)N(CCNC(=N)N)C2=O)cc1. The summed E-state index contributed by atoms with van der Waals surface area (Å²) in [6.45, 7) is 2.92. The molecule has 23 heavy (non-hydrogen) atoms. The summed E-state index contributed by atoms with van der Waals surface area (Å²) in [5, 5.41) is 9.30. The number of nitrogens with two attached hydrogens (primary N) is 1. The summed E-state index contributed by atoms with van der Waals surface area (Å²) in [5.74, 6) is 0.231. The van der Waals surface area contributed by atoms with Gasteiger partial charge in [-0.1, -0.05) is 12.1 Å². The smallest absolute Gasteiger partial charge is 0.293 e. The zero-order valence-electron chi connectivity index (χ0n) is 12.7. The Morgan fingerprint density at radius 1 is 1.39 bits per heavy atom. The fourth-order valence-corrected chi connectivity index (χ4v) is 2.84. The van der Waals surface area contributed by atoms with Gasteiger partial charge in [-0.25, -0.2) is 0 Å². The highest BCUT2D eigenvalue weighted by Crippen LogP contribution is 2.32. The van der Waals surface area contributed by atoms with Crippen LogP contribution >= 0.6 is 11.8 Å². The molecular weight excluding hydrogens is 316 g/mol. The van der Waals surface area contributed by atoms with Crippen LogP contribution in [0.2, 0.25) is 0 Å². The molecule has 0 bridgehead atoms. The number of nitrogens with one attached hydrogen (secondary N) is 2. The van der Waals surface area contributed by atoms with E-state index in [0.717, 1.165) is 28.0 Å².